The summed E-state index contributed by atoms with van der Waals surface area (Å²) in [6, 6.07) is -0.801. The predicted molar refractivity (Wildman–Crippen MR) is 65.1 cm³/mol. The van der Waals surface area contributed by atoms with E-state index in [1.54, 1.807) is 0 Å². The summed E-state index contributed by atoms with van der Waals surface area (Å²) >= 11 is 3.06. The fraction of sp³-hybridized carbons (Fsp3) is 0.800. The van der Waals surface area contributed by atoms with E-state index in [0.29, 0.717) is 0 Å². The average Bonchev–Trinajstić information content (AvgIpc) is 2.68. The molecule has 0 spiro atoms. The number of aliphatic hydroxyl groups excluding tert-OH is 3. The third-order valence-electron chi connectivity index (χ3n) is 3.34. The number of alkyl halides is 1. The Morgan fingerprint density at radius 2 is 2.16 bits per heavy atom. The third kappa shape index (κ3) is 2.36. The lowest BCUT2D eigenvalue weighted by atomic mass is 10.1. The first-order valence-electron chi connectivity index (χ1n) is 5.74. The highest BCUT2D eigenvalue weighted by molar-refractivity contribution is 9.10. The first kappa shape index (κ1) is 14.7. The van der Waals surface area contributed by atoms with Gasteiger partial charge in [0, 0.05) is 6.42 Å². The van der Waals surface area contributed by atoms with E-state index in [1.807, 2.05) is 0 Å². The number of imide groups is 1. The quantitative estimate of drug-likeness (QED) is 0.454. The van der Waals surface area contributed by atoms with Crippen molar-refractivity contribution in [2.24, 2.45) is 0 Å². The van der Waals surface area contributed by atoms with E-state index >= 15 is 0 Å². The summed E-state index contributed by atoms with van der Waals surface area (Å²) < 4.78 is 3.94. The highest BCUT2D eigenvalue weighted by Gasteiger charge is 2.53. The lowest BCUT2D eigenvalue weighted by Gasteiger charge is -2.42. The third-order valence-corrected chi connectivity index (χ3v) is 4.11. The molecule has 2 aliphatic heterocycles. The number of nitrogens with one attached hydrogen (secondary N) is 1. The van der Waals surface area contributed by atoms with E-state index in [-0.39, 0.29) is 6.42 Å². The largest absolute Gasteiger partial charge is 0.394 e. The smallest absolute Gasteiger partial charge is 0.328 e. The molecule has 0 saturated carbocycles. The van der Waals surface area contributed by atoms with Crippen molar-refractivity contribution in [2.45, 2.75) is 42.3 Å². The van der Waals surface area contributed by atoms with Crippen LogP contribution >= 0.6 is 15.9 Å². The van der Waals surface area contributed by atoms with Crippen LogP contribution in [0.3, 0.4) is 0 Å². The molecular formula is C10H15BrN2O6. The molecule has 9 heteroatoms. The Morgan fingerprint density at radius 1 is 1.53 bits per heavy atom. The molecule has 0 aliphatic carbocycles. The Morgan fingerprint density at radius 3 is 2.68 bits per heavy atom. The monoisotopic (exact) mass is 338 g/mol. The Kier molecular flexibility index (Phi) is 3.85. The lowest BCUT2D eigenvalue weighted by molar-refractivity contribution is -0.147. The van der Waals surface area contributed by atoms with Gasteiger partial charge in [0.1, 0.15) is 16.7 Å². The first-order chi connectivity index (χ1) is 8.78. The van der Waals surface area contributed by atoms with Crippen molar-refractivity contribution >= 4 is 27.9 Å². The van der Waals surface area contributed by atoms with Gasteiger partial charge >= 0.3 is 6.03 Å². The van der Waals surface area contributed by atoms with E-state index in [2.05, 4.69) is 21.2 Å². The normalized spacial score (nSPS) is 43.5. The van der Waals surface area contributed by atoms with Crippen molar-refractivity contribution in [1.29, 1.82) is 0 Å². The summed E-state index contributed by atoms with van der Waals surface area (Å²) in [7, 11) is 0. The zero-order valence-electron chi connectivity index (χ0n) is 10.1. The van der Waals surface area contributed by atoms with Crippen molar-refractivity contribution in [3.63, 3.8) is 0 Å². The number of halogens is 1. The van der Waals surface area contributed by atoms with Crippen LogP contribution in [0.4, 0.5) is 4.79 Å². The zero-order valence-corrected chi connectivity index (χ0v) is 11.7. The molecule has 2 heterocycles. The molecule has 2 saturated heterocycles. The van der Waals surface area contributed by atoms with Gasteiger partial charge in [-0.05, 0) is 6.92 Å². The molecular weight excluding hydrogens is 324 g/mol. The number of rotatable bonds is 2. The molecule has 0 aromatic rings. The number of urea groups is 1. The predicted octanol–water partition coefficient (Wildman–Crippen LogP) is -1.52. The molecule has 0 radical (unpaired) electrons. The lowest BCUT2D eigenvalue weighted by Crippen LogP contribution is -2.68. The van der Waals surface area contributed by atoms with Gasteiger partial charge in [-0.1, -0.05) is 15.9 Å². The highest BCUT2D eigenvalue weighted by Crippen LogP contribution is 2.33. The fourth-order valence-corrected chi connectivity index (χ4v) is 2.43. The van der Waals surface area contributed by atoms with Crippen LogP contribution in [0.1, 0.15) is 13.3 Å². The summed E-state index contributed by atoms with van der Waals surface area (Å²) in [6.45, 7) is 1.02. The maximum absolute atomic E-state index is 11.8. The van der Waals surface area contributed by atoms with E-state index in [9.17, 15) is 19.8 Å². The van der Waals surface area contributed by atoms with Crippen LogP contribution in [0.2, 0.25) is 0 Å². The molecule has 19 heavy (non-hydrogen) atoms. The Balaban J connectivity index is 2.20. The number of amides is 3. The Hall–Kier alpha value is -0.740. The van der Waals surface area contributed by atoms with Gasteiger partial charge < -0.3 is 20.1 Å². The highest BCUT2D eigenvalue weighted by atomic mass is 79.9. The molecule has 1 unspecified atom stereocenters. The SMILES string of the molecule is CC1(Br)C(=O)NC(=O)N([C@H]2C[C@H](O)[C@@H](CO)O2)[C@@H]1O. The van der Waals surface area contributed by atoms with Crippen LogP contribution in [0, 0.1) is 0 Å². The molecule has 3 amide bonds. The molecule has 108 valence electrons. The standard InChI is InChI=1S/C10H15BrN2O6/c1-10(11)7(16)12-9(18)13(8(10)17)6-2-4(15)5(3-14)19-6/h4-6,8,14-15,17H,2-3H2,1H3,(H,12,16,18)/t4-,5+,6+,8+,10?/m0/s1. The van der Waals surface area contributed by atoms with Gasteiger partial charge in [-0.3, -0.25) is 15.0 Å². The van der Waals surface area contributed by atoms with Crippen molar-refractivity contribution in [1.82, 2.24) is 10.2 Å². The summed E-state index contributed by atoms with van der Waals surface area (Å²) in [5.41, 5.74) is 0. The van der Waals surface area contributed by atoms with Gasteiger partial charge in [-0.15, -0.1) is 0 Å². The second kappa shape index (κ2) is 4.98. The number of ether oxygens (including phenoxy) is 1. The number of hydrogen-bond acceptors (Lipinski definition) is 6. The topological polar surface area (TPSA) is 119 Å². The van der Waals surface area contributed by atoms with Gasteiger partial charge in [0.25, 0.3) is 0 Å². The van der Waals surface area contributed by atoms with Gasteiger partial charge in [0.05, 0.1) is 12.7 Å². The number of nitrogens with zero attached hydrogens (tertiary/aromatic N) is 1. The van der Waals surface area contributed by atoms with E-state index in [1.165, 1.54) is 6.92 Å². The van der Waals surface area contributed by atoms with Crippen molar-refractivity contribution in [3.8, 4) is 0 Å². The number of aliphatic hydroxyl groups is 3. The zero-order chi connectivity index (χ0) is 14.4. The van der Waals surface area contributed by atoms with E-state index in [0.717, 1.165) is 4.90 Å². The summed E-state index contributed by atoms with van der Waals surface area (Å²) in [5, 5.41) is 30.8. The van der Waals surface area contributed by atoms with E-state index < -0.39 is 47.5 Å². The van der Waals surface area contributed by atoms with Crippen molar-refractivity contribution in [3.05, 3.63) is 0 Å². The molecule has 2 aliphatic rings. The van der Waals surface area contributed by atoms with Crippen LogP contribution in [0.25, 0.3) is 0 Å². The summed E-state index contributed by atoms with van der Waals surface area (Å²) in [6.07, 6.45) is -4.05. The summed E-state index contributed by atoms with van der Waals surface area (Å²) in [4.78, 5) is 24.3. The Labute approximate surface area is 117 Å². The average molecular weight is 339 g/mol. The Bertz CT molecular complexity index is 403. The molecule has 4 N–H and O–H groups in total. The van der Waals surface area contributed by atoms with Crippen LogP contribution in [-0.4, -0.2) is 67.8 Å². The van der Waals surface area contributed by atoms with Crippen LogP contribution in [-0.2, 0) is 9.53 Å². The van der Waals surface area contributed by atoms with Crippen LogP contribution in [0.15, 0.2) is 0 Å². The minimum atomic E-state index is -1.44. The van der Waals surface area contributed by atoms with Gasteiger partial charge in [-0.25, -0.2) is 4.79 Å². The number of carbonyl (C=O) groups is 2. The second-order valence-electron chi connectivity index (χ2n) is 4.73. The summed E-state index contributed by atoms with van der Waals surface area (Å²) in [5.74, 6) is -0.654. The number of carbonyl (C=O) groups excluding carboxylic acids is 2. The number of hydrogen-bond donors (Lipinski definition) is 4. The van der Waals surface area contributed by atoms with Crippen molar-refractivity contribution < 1.29 is 29.6 Å². The minimum absolute atomic E-state index is 0.0486. The first-order valence-corrected chi connectivity index (χ1v) is 6.53. The minimum Gasteiger partial charge on any atom is -0.394 e. The van der Waals surface area contributed by atoms with E-state index in [4.69, 9.17) is 9.84 Å². The van der Waals surface area contributed by atoms with Crippen LogP contribution < -0.4 is 5.32 Å². The molecule has 2 rings (SSSR count). The molecule has 2 fully saturated rings. The van der Waals surface area contributed by atoms with Crippen LogP contribution in [0.5, 0.6) is 0 Å². The molecule has 0 aromatic heterocycles. The van der Waals surface area contributed by atoms with Gasteiger partial charge in [0.15, 0.2) is 6.23 Å². The maximum atomic E-state index is 11.8. The molecule has 0 aromatic carbocycles. The molecule has 8 nitrogen and oxygen atoms in total. The fourth-order valence-electron chi connectivity index (χ4n) is 2.11. The molecule has 0 bridgehead atoms. The second-order valence-corrected chi connectivity index (χ2v) is 6.38. The maximum Gasteiger partial charge on any atom is 0.328 e. The van der Waals surface area contributed by atoms with Crippen molar-refractivity contribution in [2.75, 3.05) is 6.61 Å². The van der Waals surface area contributed by atoms with Gasteiger partial charge in [0.2, 0.25) is 5.91 Å². The molecule has 5 atom stereocenters. The van der Waals surface area contributed by atoms with Gasteiger partial charge in [-0.2, -0.15) is 0 Å².